The number of rotatable bonds is 3. The summed E-state index contributed by atoms with van der Waals surface area (Å²) in [5.74, 6) is 0.489. The molecule has 0 spiro atoms. The zero-order chi connectivity index (χ0) is 12.3. The molecule has 2 aromatic rings. The van der Waals surface area contributed by atoms with Gasteiger partial charge in [-0.1, -0.05) is 12.1 Å². The largest absolute Gasteiger partial charge is 0.325 e. The Balaban J connectivity index is 2.15. The average molecular weight is 232 g/mol. The summed E-state index contributed by atoms with van der Waals surface area (Å²) in [7, 11) is 0. The number of aromatic nitrogens is 2. The smallest absolute Gasteiger partial charge is 0.324 e. The summed E-state index contributed by atoms with van der Waals surface area (Å²) in [6, 6.07) is 7.54. The highest BCUT2D eigenvalue weighted by atomic mass is 16.2. The third-order valence-electron chi connectivity index (χ3n) is 2.67. The Kier molecular flexibility index (Phi) is 3.27. The van der Waals surface area contributed by atoms with Crippen LogP contribution in [0.4, 0.5) is 10.7 Å². The number of nitrogens with one attached hydrogen (secondary N) is 2. The number of hydrogen-bond acceptors (Lipinski definition) is 2. The predicted octanol–water partition coefficient (Wildman–Crippen LogP) is 2.44. The SMILES string of the molecule is CCN(CC)C(=O)Nc1nc2ccccc2[nH]1. The van der Waals surface area contributed by atoms with E-state index in [2.05, 4.69) is 15.3 Å². The molecule has 0 fully saturated rings. The van der Waals surface area contributed by atoms with Gasteiger partial charge in [0, 0.05) is 13.1 Å². The minimum absolute atomic E-state index is 0.131. The zero-order valence-electron chi connectivity index (χ0n) is 10.0. The Morgan fingerprint density at radius 1 is 1.35 bits per heavy atom. The van der Waals surface area contributed by atoms with E-state index in [9.17, 15) is 4.79 Å². The highest BCUT2D eigenvalue weighted by Gasteiger charge is 2.11. The van der Waals surface area contributed by atoms with Gasteiger partial charge in [0.25, 0.3) is 0 Å². The van der Waals surface area contributed by atoms with Crippen molar-refractivity contribution < 1.29 is 4.79 Å². The lowest BCUT2D eigenvalue weighted by Gasteiger charge is -2.17. The standard InChI is InChI=1S/C12H16N4O/c1-3-16(4-2)12(17)15-11-13-9-7-5-6-8-10(9)14-11/h5-8H,3-4H2,1-2H3,(H2,13,14,15,17). The molecule has 2 N–H and O–H groups in total. The van der Waals surface area contributed by atoms with Crippen molar-refractivity contribution in [2.45, 2.75) is 13.8 Å². The van der Waals surface area contributed by atoms with Crippen LogP contribution in [0.1, 0.15) is 13.8 Å². The second-order valence-corrected chi connectivity index (χ2v) is 3.71. The van der Waals surface area contributed by atoms with Gasteiger partial charge in [-0.25, -0.2) is 9.78 Å². The number of benzene rings is 1. The van der Waals surface area contributed by atoms with E-state index >= 15 is 0 Å². The second-order valence-electron chi connectivity index (χ2n) is 3.71. The van der Waals surface area contributed by atoms with Crippen LogP contribution in [0.3, 0.4) is 0 Å². The van der Waals surface area contributed by atoms with E-state index in [-0.39, 0.29) is 6.03 Å². The number of aromatic amines is 1. The molecule has 2 rings (SSSR count). The molecular formula is C12H16N4O. The second kappa shape index (κ2) is 4.86. The van der Waals surface area contributed by atoms with E-state index < -0.39 is 0 Å². The van der Waals surface area contributed by atoms with E-state index in [0.29, 0.717) is 19.0 Å². The molecule has 0 atom stereocenters. The lowest BCUT2D eigenvalue weighted by atomic mass is 10.3. The number of anilines is 1. The number of para-hydroxylation sites is 2. The van der Waals surface area contributed by atoms with Gasteiger partial charge in [0.2, 0.25) is 5.95 Å². The van der Waals surface area contributed by atoms with Crippen LogP contribution < -0.4 is 5.32 Å². The number of nitrogens with zero attached hydrogens (tertiary/aromatic N) is 2. The summed E-state index contributed by atoms with van der Waals surface area (Å²) >= 11 is 0. The van der Waals surface area contributed by atoms with Crippen LogP contribution in [0.15, 0.2) is 24.3 Å². The quantitative estimate of drug-likeness (QED) is 0.853. The van der Waals surface area contributed by atoms with Crippen molar-refractivity contribution in [2.24, 2.45) is 0 Å². The molecule has 5 heteroatoms. The number of carbonyl (C=O) groups is 1. The Hall–Kier alpha value is -2.04. The van der Waals surface area contributed by atoms with Gasteiger partial charge in [-0.2, -0.15) is 0 Å². The molecule has 0 radical (unpaired) electrons. The summed E-state index contributed by atoms with van der Waals surface area (Å²) in [6.45, 7) is 5.26. The molecule has 5 nitrogen and oxygen atoms in total. The van der Waals surface area contributed by atoms with Gasteiger partial charge in [-0.05, 0) is 26.0 Å². The van der Waals surface area contributed by atoms with Crippen LogP contribution in [0, 0.1) is 0 Å². The van der Waals surface area contributed by atoms with Gasteiger partial charge in [-0.3, -0.25) is 5.32 Å². The van der Waals surface area contributed by atoms with Gasteiger partial charge < -0.3 is 9.88 Å². The first-order valence-corrected chi connectivity index (χ1v) is 5.75. The Bertz CT molecular complexity index is 483. The lowest BCUT2D eigenvalue weighted by molar-refractivity contribution is 0.217. The Morgan fingerprint density at radius 3 is 2.71 bits per heavy atom. The third-order valence-corrected chi connectivity index (χ3v) is 2.67. The summed E-state index contributed by atoms with van der Waals surface area (Å²) in [5, 5.41) is 2.75. The number of fused-ring (bicyclic) bond motifs is 1. The molecular weight excluding hydrogens is 216 g/mol. The first-order chi connectivity index (χ1) is 8.24. The van der Waals surface area contributed by atoms with Crippen molar-refractivity contribution in [3.63, 3.8) is 0 Å². The number of amides is 2. The monoisotopic (exact) mass is 232 g/mol. The van der Waals surface area contributed by atoms with Gasteiger partial charge in [0.05, 0.1) is 11.0 Å². The molecule has 0 aliphatic carbocycles. The van der Waals surface area contributed by atoms with E-state index in [0.717, 1.165) is 11.0 Å². The zero-order valence-corrected chi connectivity index (χ0v) is 10.0. The van der Waals surface area contributed by atoms with Crippen LogP contribution in [0.25, 0.3) is 11.0 Å². The normalized spacial score (nSPS) is 10.5. The molecule has 0 unspecified atom stereocenters. The molecule has 0 bridgehead atoms. The average Bonchev–Trinajstić information content (AvgIpc) is 2.72. The topological polar surface area (TPSA) is 61.0 Å². The molecule has 0 aliphatic rings. The minimum atomic E-state index is -0.131. The first-order valence-electron chi connectivity index (χ1n) is 5.75. The van der Waals surface area contributed by atoms with Crippen molar-refractivity contribution in [3.8, 4) is 0 Å². The number of urea groups is 1. The highest BCUT2D eigenvalue weighted by Crippen LogP contribution is 2.13. The molecule has 1 aromatic heterocycles. The van der Waals surface area contributed by atoms with Crippen LogP contribution in [0.2, 0.25) is 0 Å². The van der Waals surface area contributed by atoms with Crippen LogP contribution in [0.5, 0.6) is 0 Å². The molecule has 2 amide bonds. The van der Waals surface area contributed by atoms with Gasteiger partial charge >= 0.3 is 6.03 Å². The minimum Gasteiger partial charge on any atom is -0.325 e. The van der Waals surface area contributed by atoms with Crippen molar-refractivity contribution in [1.82, 2.24) is 14.9 Å². The fourth-order valence-corrected chi connectivity index (χ4v) is 1.70. The molecule has 0 saturated heterocycles. The van der Waals surface area contributed by atoms with E-state index in [1.165, 1.54) is 0 Å². The van der Waals surface area contributed by atoms with Gasteiger partial charge in [0.1, 0.15) is 0 Å². The van der Waals surface area contributed by atoms with Crippen LogP contribution in [-0.2, 0) is 0 Å². The van der Waals surface area contributed by atoms with Gasteiger partial charge in [-0.15, -0.1) is 0 Å². The number of imidazole rings is 1. The molecule has 90 valence electrons. The van der Waals surface area contributed by atoms with Gasteiger partial charge in [0.15, 0.2) is 0 Å². The lowest BCUT2D eigenvalue weighted by Crippen LogP contribution is -2.34. The fourth-order valence-electron chi connectivity index (χ4n) is 1.70. The van der Waals surface area contributed by atoms with Crippen LogP contribution in [-0.4, -0.2) is 34.0 Å². The Labute approximate surface area is 99.8 Å². The maximum absolute atomic E-state index is 11.8. The maximum atomic E-state index is 11.8. The molecule has 0 saturated carbocycles. The maximum Gasteiger partial charge on any atom is 0.324 e. The fraction of sp³-hybridized carbons (Fsp3) is 0.333. The van der Waals surface area contributed by atoms with Crippen molar-refractivity contribution >= 4 is 23.0 Å². The van der Waals surface area contributed by atoms with Crippen molar-refractivity contribution in [2.75, 3.05) is 18.4 Å². The number of carbonyl (C=O) groups excluding carboxylic acids is 1. The Morgan fingerprint density at radius 2 is 2.06 bits per heavy atom. The number of hydrogen-bond donors (Lipinski definition) is 2. The molecule has 1 heterocycles. The van der Waals surface area contributed by atoms with E-state index in [4.69, 9.17) is 0 Å². The summed E-state index contributed by atoms with van der Waals surface area (Å²) in [5.41, 5.74) is 1.77. The predicted molar refractivity (Wildman–Crippen MR) is 68.0 cm³/mol. The first kappa shape index (κ1) is 11.4. The van der Waals surface area contributed by atoms with E-state index in [1.54, 1.807) is 4.90 Å². The summed E-state index contributed by atoms with van der Waals surface area (Å²) in [6.07, 6.45) is 0. The van der Waals surface area contributed by atoms with Crippen LogP contribution >= 0.6 is 0 Å². The van der Waals surface area contributed by atoms with Crippen molar-refractivity contribution in [1.29, 1.82) is 0 Å². The summed E-state index contributed by atoms with van der Waals surface area (Å²) < 4.78 is 0. The molecule has 17 heavy (non-hydrogen) atoms. The van der Waals surface area contributed by atoms with Crippen molar-refractivity contribution in [3.05, 3.63) is 24.3 Å². The molecule has 0 aliphatic heterocycles. The molecule has 1 aromatic carbocycles. The third kappa shape index (κ3) is 2.38. The number of H-pyrrole nitrogens is 1. The van der Waals surface area contributed by atoms with E-state index in [1.807, 2.05) is 38.1 Å². The summed E-state index contributed by atoms with van der Waals surface area (Å²) in [4.78, 5) is 20.9. The highest BCUT2D eigenvalue weighted by molar-refractivity contribution is 5.89.